The average Bonchev–Trinajstić information content (AvgIpc) is 2.24. The Labute approximate surface area is 96.4 Å². The first-order valence-corrected chi connectivity index (χ1v) is 5.38. The molecule has 0 radical (unpaired) electrons. The van der Waals surface area contributed by atoms with E-state index in [2.05, 4.69) is 0 Å². The second kappa shape index (κ2) is 7.22. The number of methoxy groups -OCH3 is 1. The number of hydrogen-bond donors (Lipinski definition) is 1. The molecule has 0 aromatic heterocycles. The van der Waals surface area contributed by atoms with Gasteiger partial charge in [0.05, 0.1) is 12.0 Å². The zero-order valence-electron chi connectivity index (χ0n) is 10.4. The summed E-state index contributed by atoms with van der Waals surface area (Å²) in [6, 6.07) is 0. The number of carbonyl (C=O) groups excluding carboxylic acids is 1. The third-order valence-corrected chi connectivity index (χ3v) is 2.56. The number of carboxylic acids is 1. The summed E-state index contributed by atoms with van der Waals surface area (Å²) in [6.45, 7) is 3.73. The molecule has 0 aliphatic rings. The molecule has 0 saturated carbocycles. The monoisotopic (exact) mass is 231 g/mol. The van der Waals surface area contributed by atoms with Gasteiger partial charge in [0.25, 0.3) is 0 Å². The summed E-state index contributed by atoms with van der Waals surface area (Å²) in [6.07, 6.45) is 1.09. The first-order chi connectivity index (χ1) is 7.38. The van der Waals surface area contributed by atoms with Crippen LogP contribution in [-0.2, 0) is 14.3 Å². The van der Waals surface area contributed by atoms with Gasteiger partial charge in [-0.25, -0.2) is 0 Å². The highest BCUT2D eigenvalue weighted by Gasteiger charge is 2.17. The Hall–Kier alpha value is -1.10. The first kappa shape index (κ1) is 14.9. The topological polar surface area (TPSA) is 66.8 Å². The number of amides is 1. The normalized spacial score (nSPS) is 14.2. The van der Waals surface area contributed by atoms with Crippen molar-refractivity contribution < 1.29 is 19.4 Å². The molecular weight excluding hydrogens is 210 g/mol. The highest BCUT2D eigenvalue weighted by Crippen LogP contribution is 2.05. The number of carboxylic acid groups (broad SMARTS) is 1. The number of rotatable bonds is 7. The molecule has 2 unspecified atom stereocenters. The van der Waals surface area contributed by atoms with Gasteiger partial charge in [0, 0.05) is 27.1 Å². The van der Waals surface area contributed by atoms with Gasteiger partial charge in [0.2, 0.25) is 5.91 Å². The Kier molecular flexibility index (Phi) is 6.72. The molecule has 0 aliphatic carbocycles. The maximum absolute atomic E-state index is 11.6. The molecule has 2 atom stereocenters. The largest absolute Gasteiger partial charge is 0.481 e. The maximum atomic E-state index is 11.6. The quantitative estimate of drug-likeness (QED) is 0.709. The van der Waals surface area contributed by atoms with Crippen molar-refractivity contribution in [3.05, 3.63) is 0 Å². The molecule has 94 valence electrons. The van der Waals surface area contributed by atoms with Crippen LogP contribution in [0.15, 0.2) is 0 Å². The lowest BCUT2D eigenvalue weighted by Gasteiger charge is -2.20. The third kappa shape index (κ3) is 5.70. The SMILES string of the molecule is COC(C)CCC(=O)N(C)CC(C)C(=O)O. The van der Waals surface area contributed by atoms with Gasteiger partial charge in [-0.2, -0.15) is 0 Å². The molecule has 16 heavy (non-hydrogen) atoms. The van der Waals surface area contributed by atoms with Gasteiger partial charge in [0.1, 0.15) is 0 Å². The van der Waals surface area contributed by atoms with Crippen LogP contribution in [0.3, 0.4) is 0 Å². The van der Waals surface area contributed by atoms with Crippen LogP contribution >= 0.6 is 0 Å². The summed E-state index contributed by atoms with van der Waals surface area (Å²) in [7, 11) is 3.23. The number of aliphatic carboxylic acids is 1. The number of hydrogen-bond acceptors (Lipinski definition) is 3. The number of carbonyl (C=O) groups is 2. The van der Waals surface area contributed by atoms with Crippen molar-refractivity contribution in [2.75, 3.05) is 20.7 Å². The zero-order chi connectivity index (χ0) is 12.7. The van der Waals surface area contributed by atoms with Crippen molar-refractivity contribution >= 4 is 11.9 Å². The van der Waals surface area contributed by atoms with Gasteiger partial charge in [-0.3, -0.25) is 9.59 Å². The second-order valence-corrected chi connectivity index (χ2v) is 4.10. The van der Waals surface area contributed by atoms with Crippen LogP contribution in [0.1, 0.15) is 26.7 Å². The fourth-order valence-corrected chi connectivity index (χ4v) is 1.23. The lowest BCUT2D eigenvalue weighted by molar-refractivity contribution is -0.142. The predicted octanol–water partition coefficient (Wildman–Crippen LogP) is 0.981. The molecule has 1 amide bonds. The van der Waals surface area contributed by atoms with E-state index in [0.717, 1.165) is 0 Å². The van der Waals surface area contributed by atoms with E-state index in [-0.39, 0.29) is 18.6 Å². The van der Waals surface area contributed by atoms with Gasteiger partial charge >= 0.3 is 5.97 Å². The molecule has 5 heteroatoms. The summed E-state index contributed by atoms with van der Waals surface area (Å²) in [5, 5.41) is 8.71. The Balaban J connectivity index is 3.95. The lowest BCUT2D eigenvalue weighted by atomic mass is 10.1. The Morgan fingerprint density at radius 3 is 2.38 bits per heavy atom. The minimum Gasteiger partial charge on any atom is -0.481 e. The fourth-order valence-electron chi connectivity index (χ4n) is 1.23. The molecule has 0 fully saturated rings. The summed E-state index contributed by atoms with van der Waals surface area (Å²) in [4.78, 5) is 23.7. The molecule has 0 heterocycles. The minimum atomic E-state index is -0.884. The van der Waals surface area contributed by atoms with Gasteiger partial charge in [0.15, 0.2) is 0 Å². The van der Waals surface area contributed by atoms with Gasteiger partial charge in [-0.15, -0.1) is 0 Å². The third-order valence-electron chi connectivity index (χ3n) is 2.56. The smallest absolute Gasteiger partial charge is 0.308 e. The van der Waals surface area contributed by atoms with Crippen LogP contribution in [0, 0.1) is 5.92 Å². The van der Waals surface area contributed by atoms with Crippen molar-refractivity contribution in [3.63, 3.8) is 0 Å². The molecule has 0 bridgehead atoms. The Bertz CT molecular complexity index is 242. The van der Waals surface area contributed by atoms with Crippen LogP contribution in [0.5, 0.6) is 0 Å². The summed E-state index contributed by atoms with van der Waals surface area (Å²) in [5.41, 5.74) is 0. The van der Waals surface area contributed by atoms with Crippen LogP contribution in [0.25, 0.3) is 0 Å². The van der Waals surface area contributed by atoms with Crippen molar-refractivity contribution in [2.45, 2.75) is 32.8 Å². The minimum absolute atomic E-state index is 0.0444. The lowest BCUT2D eigenvalue weighted by Crippen LogP contribution is -2.33. The highest BCUT2D eigenvalue weighted by molar-refractivity contribution is 5.77. The van der Waals surface area contributed by atoms with Crippen molar-refractivity contribution in [1.82, 2.24) is 4.90 Å². The summed E-state index contributed by atoms with van der Waals surface area (Å²) < 4.78 is 5.03. The van der Waals surface area contributed by atoms with E-state index < -0.39 is 11.9 Å². The summed E-state index contributed by atoms with van der Waals surface area (Å²) in [5.74, 6) is -1.46. The van der Waals surface area contributed by atoms with Crippen molar-refractivity contribution in [3.8, 4) is 0 Å². The van der Waals surface area contributed by atoms with Gasteiger partial charge < -0.3 is 14.7 Å². The molecule has 0 saturated heterocycles. The molecule has 5 nitrogen and oxygen atoms in total. The maximum Gasteiger partial charge on any atom is 0.308 e. The van der Waals surface area contributed by atoms with E-state index in [0.29, 0.717) is 12.8 Å². The number of nitrogens with zero attached hydrogens (tertiary/aromatic N) is 1. The van der Waals surface area contributed by atoms with Gasteiger partial charge in [-0.1, -0.05) is 6.92 Å². The van der Waals surface area contributed by atoms with E-state index in [9.17, 15) is 9.59 Å². The van der Waals surface area contributed by atoms with Gasteiger partial charge in [-0.05, 0) is 13.3 Å². The van der Waals surface area contributed by atoms with E-state index in [4.69, 9.17) is 9.84 Å². The van der Waals surface area contributed by atoms with Crippen molar-refractivity contribution in [1.29, 1.82) is 0 Å². The molecular formula is C11H21NO4. The first-order valence-electron chi connectivity index (χ1n) is 5.38. The van der Waals surface area contributed by atoms with Crippen LogP contribution in [0.2, 0.25) is 0 Å². The summed E-state index contributed by atoms with van der Waals surface area (Å²) >= 11 is 0. The molecule has 0 aromatic carbocycles. The van der Waals surface area contributed by atoms with Crippen molar-refractivity contribution in [2.24, 2.45) is 5.92 Å². The molecule has 1 N–H and O–H groups in total. The number of ether oxygens (including phenoxy) is 1. The van der Waals surface area contributed by atoms with E-state index in [1.807, 2.05) is 6.92 Å². The Morgan fingerprint density at radius 2 is 1.94 bits per heavy atom. The average molecular weight is 231 g/mol. The predicted molar refractivity (Wildman–Crippen MR) is 60.1 cm³/mol. The van der Waals surface area contributed by atoms with E-state index >= 15 is 0 Å². The van der Waals surface area contributed by atoms with E-state index in [1.165, 1.54) is 4.90 Å². The van der Waals surface area contributed by atoms with Crippen LogP contribution in [-0.4, -0.2) is 48.7 Å². The highest BCUT2D eigenvalue weighted by atomic mass is 16.5. The standard InChI is InChI=1S/C11H21NO4/c1-8(11(14)15)7-12(3)10(13)6-5-9(2)16-4/h8-9H,5-7H2,1-4H3,(H,14,15). The van der Waals surface area contributed by atoms with Crippen LogP contribution < -0.4 is 0 Å². The fraction of sp³-hybridized carbons (Fsp3) is 0.818. The molecule has 0 aromatic rings. The second-order valence-electron chi connectivity index (χ2n) is 4.10. The van der Waals surface area contributed by atoms with E-state index in [1.54, 1.807) is 21.1 Å². The van der Waals surface area contributed by atoms with Crippen LogP contribution in [0.4, 0.5) is 0 Å². The Morgan fingerprint density at radius 1 is 1.38 bits per heavy atom. The molecule has 0 rings (SSSR count). The molecule has 0 aliphatic heterocycles. The zero-order valence-corrected chi connectivity index (χ0v) is 10.4. The molecule has 0 spiro atoms.